The van der Waals surface area contributed by atoms with Crippen LogP contribution in [0.15, 0.2) is 0 Å². The summed E-state index contributed by atoms with van der Waals surface area (Å²) >= 11 is 0. The van der Waals surface area contributed by atoms with Crippen molar-refractivity contribution in [2.24, 2.45) is 0 Å². The minimum atomic E-state index is 0.750. The van der Waals surface area contributed by atoms with Crippen molar-refractivity contribution in [2.75, 3.05) is 6.54 Å². The standard InChI is InChI=1S/C10H21N/c1-4-10-7-5-6-8-11(10)9(2)3/h9-10H,4-8H2,1-3H3/t10-/m0/s1. The van der Waals surface area contributed by atoms with Crippen molar-refractivity contribution in [3.8, 4) is 0 Å². The van der Waals surface area contributed by atoms with Gasteiger partial charge in [-0.3, -0.25) is 4.90 Å². The fourth-order valence-corrected chi connectivity index (χ4v) is 2.14. The van der Waals surface area contributed by atoms with E-state index in [0.717, 1.165) is 12.1 Å². The van der Waals surface area contributed by atoms with Gasteiger partial charge in [0.05, 0.1) is 0 Å². The zero-order valence-electron chi connectivity index (χ0n) is 8.14. The molecule has 0 aromatic rings. The van der Waals surface area contributed by atoms with Crippen LogP contribution in [0.25, 0.3) is 0 Å². The molecule has 0 aliphatic carbocycles. The Labute approximate surface area is 70.8 Å². The van der Waals surface area contributed by atoms with Crippen LogP contribution in [-0.2, 0) is 0 Å². The molecule has 1 aliphatic rings. The van der Waals surface area contributed by atoms with Crippen LogP contribution in [0.1, 0.15) is 46.5 Å². The zero-order valence-corrected chi connectivity index (χ0v) is 8.14. The number of piperidine rings is 1. The van der Waals surface area contributed by atoms with Crippen molar-refractivity contribution in [3.05, 3.63) is 0 Å². The van der Waals surface area contributed by atoms with Gasteiger partial charge < -0.3 is 0 Å². The van der Waals surface area contributed by atoms with Crippen molar-refractivity contribution in [2.45, 2.75) is 58.5 Å². The third-order valence-electron chi connectivity index (χ3n) is 2.81. The van der Waals surface area contributed by atoms with Gasteiger partial charge in [-0.1, -0.05) is 13.3 Å². The van der Waals surface area contributed by atoms with Crippen molar-refractivity contribution in [1.82, 2.24) is 4.90 Å². The summed E-state index contributed by atoms with van der Waals surface area (Å²) in [5.41, 5.74) is 0. The molecule has 0 bridgehead atoms. The van der Waals surface area contributed by atoms with E-state index in [4.69, 9.17) is 0 Å². The summed E-state index contributed by atoms with van der Waals surface area (Å²) in [6.45, 7) is 8.27. The predicted molar refractivity (Wildman–Crippen MR) is 49.8 cm³/mol. The molecule has 0 aromatic heterocycles. The van der Waals surface area contributed by atoms with Gasteiger partial charge >= 0.3 is 0 Å². The van der Waals surface area contributed by atoms with Gasteiger partial charge in [0.25, 0.3) is 0 Å². The number of rotatable bonds is 2. The molecule has 1 saturated heterocycles. The summed E-state index contributed by atoms with van der Waals surface area (Å²) in [6.07, 6.45) is 5.61. The summed E-state index contributed by atoms with van der Waals surface area (Å²) in [7, 11) is 0. The molecule has 0 amide bonds. The summed E-state index contributed by atoms with van der Waals surface area (Å²) in [5, 5.41) is 0. The van der Waals surface area contributed by atoms with Crippen LogP contribution in [0.5, 0.6) is 0 Å². The van der Waals surface area contributed by atoms with E-state index in [1.165, 1.54) is 32.2 Å². The predicted octanol–water partition coefficient (Wildman–Crippen LogP) is 2.66. The first kappa shape index (κ1) is 9.05. The number of nitrogens with zero attached hydrogens (tertiary/aromatic N) is 1. The zero-order chi connectivity index (χ0) is 8.27. The molecule has 1 nitrogen and oxygen atoms in total. The van der Waals surface area contributed by atoms with E-state index in [1.807, 2.05) is 0 Å². The molecular formula is C10H21N. The maximum atomic E-state index is 2.66. The fourth-order valence-electron chi connectivity index (χ4n) is 2.14. The van der Waals surface area contributed by atoms with Crippen molar-refractivity contribution in [1.29, 1.82) is 0 Å². The average Bonchev–Trinajstić information content (AvgIpc) is 2.04. The van der Waals surface area contributed by atoms with Gasteiger partial charge in [-0.2, -0.15) is 0 Å². The molecule has 0 spiro atoms. The van der Waals surface area contributed by atoms with Crippen LogP contribution in [0.2, 0.25) is 0 Å². The average molecular weight is 155 g/mol. The Morgan fingerprint density at radius 3 is 2.55 bits per heavy atom. The summed E-state index contributed by atoms with van der Waals surface area (Å²) in [6, 6.07) is 1.63. The van der Waals surface area contributed by atoms with Crippen LogP contribution in [-0.4, -0.2) is 23.5 Å². The maximum Gasteiger partial charge on any atom is 0.00953 e. The van der Waals surface area contributed by atoms with E-state index in [9.17, 15) is 0 Å². The van der Waals surface area contributed by atoms with Gasteiger partial charge in [0.15, 0.2) is 0 Å². The normalized spacial score (nSPS) is 27.8. The van der Waals surface area contributed by atoms with E-state index in [-0.39, 0.29) is 0 Å². The fraction of sp³-hybridized carbons (Fsp3) is 1.00. The van der Waals surface area contributed by atoms with Crippen LogP contribution in [0.4, 0.5) is 0 Å². The largest absolute Gasteiger partial charge is 0.298 e. The van der Waals surface area contributed by atoms with E-state index >= 15 is 0 Å². The molecule has 0 aromatic carbocycles. The lowest BCUT2D eigenvalue weighted by Gasteiger charge is -2.38. The number of likely N-dealkylation sites (tertiary alicyclic amines) is 1. The van der Waals surface area contributed by atoms with E-state index in [1.54, 1.807) is 0 Å². The Morgan fingerprint density at radius 1 is 1.36 bits per heavy atom. The first-order valence-corrected chi connectivity index (χ1v) is 5.01. The molecule has 66 valence electrons. The third kappa shape index (κ3) is 2.19. The second-order valence-electron chi connectivity index (χ2n) is 3.89. The molecule has 1 rings (SSSR count). The topological polar surface area (TPSA) is 3.24 Å². The van der Waals surface area contributed by atoms with Crippen LogP contribution in [0, 0.1) is 0 Å². The minimum Gasteiger partial charge on any atom is -0.298 e. The Morgan fingerprint density at radius 2 is 2.09 bits per heavy atom. The molecule has 1 aliphatic heterocycles. The first-order valence-electron chi connectivity index (χ1n) is 5.01. The first-order chi connectivity index (χ1) is 5.25. The highest BCUT2D eigenvalue weighted by molar-refractivity contribution is 4.77. The summed E-state index contributed by atoms with van der Waals surface area (Å²) in [4.78, 5) is 2.66. The molecule has 1 heterocycles. The second kappa shape index (κ2) is 4.10. The highest BCUT2D eigenvalue weighted by Gasteiger charge is 2.22. The maximum absolute atomic E-state index is 2.66. The lowest BCUT2D eigenvalue weighted by Crippen LogP contribution is -2.43. The van der Waals surface area contributed by atoms with Crippen LogP contribution >= 0.6 is 0 Å². The van der Waals surface area contributed by atoms with Crippen LogP contribution in [0.3, 0.4) is 0 Å². The smallest absolute Gasteiger partial charge is 0.00953 e. The quantitative estimate of drug-likeness (QED) is 0.592. The van der Waals surface area contributed by atoms with Gasteiger partial charge in [0, 0.05) is 12.1 Å². The highest BCUT2D eigenvalue weighted by Crippen LogP contribution is 2.21. The monoisotopic (exact) mass is 155 g/mol. The Balaban J connectivity index is 2.44. The lowest BCUT2D eigenvalue weighted by molar-refractivity contribution is 0.109. The van der Waals surface area contributed by atoms with Gasteiger partial charge in [0.1, 0.15) is 0 Å². The number of hydrogen-bond donors (Lipinski definition) is 0. The molecule has 1 fully saturated rings. The summed E-state index contributed by atoms with van der Waals surface area (Å²) < 4.78 is 0. The van der Waals surface area contributed by atoms with Crippen molar-refractivity contribution in [3.63, 3.8) is 0 Å². The SMILES string of the molecule is CC[C@H]1CCCCN1C(C)C. The van der Waals surface area contributed by atoms with E-state index in [0.29, 0.717) is 0 Å². The molecule has 1 atom stereocenters. The van der Waals surface area contributed by atoms with Crippen molar-refractivity contribution < 1.29 is 0 Å². The van der Waals surface area contributed by atoms with Gasteiger partial charge in [0.2, 0.25) is 0 Å². The lowest BCUT2D eigenvalue weighted by atomic mass is 9.98. The van der Waals surface area contributed by atoms with Gasteiger partial charge in [-0.25, -0.2) is 0 Å². The molecule has 0 unspecified atom stereocenters. The van der Waals surface area contributed by atoms with Gasteiger partial charge in [-0.15, -0.1) is 0 Å². The van der Waals surface area contributed by atoms with Gasteiger partial charge in [-0.05, 0) is 39.7 Å². The summed E-state index contributed by atoms with van der Waals surface area (Å²) in [5.74, 6) is 0. The number of hydrogen-bond acceptors (Lipinski definition) is 1. The molecular weight excluding hydrogens is 134 g/mol. The molecule has 1 heteroatoms. The second-order valence-corrected chi connectivity index (χ2v) is 3.89. The molecule has 0 saturated carbocycles. The Kier molecular flexibility index (Phi) is 3.38. The highest BCUT2D eigenvalue weighted by atomic mass is 15.2. The van der Waals surface area contributed by atoms with Crippen LogP contribution < -0.4 is 0 Å². The minimum absolute atomic E-state index is 0.750. The molecule has 0 N–H and O–H groups in total. The van der Waals surface area contributed by atoms with Crippen molar-refractivity contribution >= 4 is 0 Å². The Bertz CT molecular complexity index is 109. The molecule has 11 heavy (non-hydrogen) atoms. The Hall–Kier alpha value is -0.0400. The third-order valence-corrected chi connectivity index (χ3v) is 2.81. The van der Waals surface area contributed by atoms with E-state index < -0.39 is 0 Å². The molecule has 0 radical (unpaired) electrons. The van der Waals surface area contributed by atoms with E-state index in [2.05, 4.69) is 25.7 Å².